The molecule has 0 atom stereocenters. The number of halogens is 1. The highest BCUT2D eigenvalue weighted by atomic mass is 127. The SMILES string of the molecule is CSC1=NC(=Nc2c(C)cccc2C)C2(CCCC2)N1c1ccc(O)cc1.I. The Hall–Kier alpha value is -1.54. The number of thioether (sulfide) groups is 1. The van der Waals surface area contributed by atoms with Gasteiger partial charge in [-0.15, -0.1) is 24.0 Å². The maximum absolute atomic E-state index is 9.71. The van der Waals surface area contributed by atoms with Gasteiger partial charge in [0.25, 0.3) is 0 Å². The highest BCUT2D eigenvalue weighted by Crippen LogP contribution is 2.46. The number of phenolic OH excluding ortho intramolecular Hbond substituents is 1. The summed E-state index contributed by atoms with van der Waals surface area (Å²) in [7, 11) is 0. The molecule has 4 rings (SSSR count). The lowest BCUT2D eigenvalue weighted by atomic mass is 9.94. The molecule has 1 fully saturated rings. The smallest absolute Gasteiger partial charge is 0.170 e. The second kappa shape index (κ2) is 8.45. The van der Waals surface area contributed by atoms with Gasteiger partial charge in [0.05, 0.1) is 5.69 Å². The number of benzene rings is 2. The molecule has 1 saturated carbocycles. The third-order valence-electron chi connectivity index (χ3n) is 5.62. The van der Waals surface area contributed by atoms with Crippen LogP contribution in [-0.4, -0.2) is 27.9 Å². The lowest BCUT2D eigenvalue weighted by molar-refractivity contribution is 0.475. The molecule has 6 heteroatoms. The third kappa shape index (κ3) is 3.56. The Morgan fingerprint density at radius 1 is 1.04 bits per heavy atom. The molecule has 0 amide bonds. The topological polar surface area (TPSA) is 48.2 Å². The summed E-state index contributed by atoms with van der Waals surface area (Å²) in [5.41, 5.74) is 4.27. The fourth-order valence-corrected chi connectivity index (χ4v) is 4.89. The van der Waals surface area contributed by atoms with Gasteiger partial charge in [-0.1, -0.05) is 42.8 Å². The van der Waals surface area contributed by atoms with Crippen molar-refractivity contribution in [2.24, 2.45) is 9.98 Å². The third-order valence-corrected chi connectivity index (χ3v) is 6.25. The summed E-state index contributed by atoms with van der Waals surface area (Å²) in [6, 6.07) is 13.7. The number of rotatable bonds is 2. The molecule has 148 valence electrons. The second-order valence-corrected chi connectivity index (χ2v) is 8.14. The van der Waals surface area contributed by atoms with Crippen molar-refractivity contribution in [3.63, 3.8) is 0 Å². The predicted molar refractivity (Wildman–Crippen MR) is 131 cm³/mol. The van der Waals surface area contributed by atoms with E-state index in [2.05, 4.69) is 43.2 Å². The van der Waals surface area contributed by atoms with Crippen LogP contribution in [0.1, 0.15) is 36.8 Å². The van der Waals surface area contributed by atoms with Crippen LogP contribution in [0.2, 0.25) is 0 Å². The van der Waals surface area contributed by atoms with Crippen LogP contribution in [0.5, 0.6) is 5.75 Å². The minimum atomic E-state index is -0.190. The summed E-state index contributed by atoms with van der Waals surface area (Å²) >= 11 is 1.66. The lowest BCUT2D eigenvalue weighted by Gasteiger charge is -2.36. The van der Waals surface area contributed by atoms with Crippen molar-refractivity contribution in [1.82, 2.24) is 0 Å². The molecule has 1 heterocycles. The van der Waals surface area contributed by atoms with Crippen molar-refractivity contribution >= 4 is 58.1 Å². The number of anilines is 1. The largest absolute Gasteiger partial charge is 0.508 e. The van der Waals surface area contributed by atoms with Crippen molar-refractivity contribution in [3.05, 3.63) is 53.6 Å². The van der Waals surface area contributed by atoms with Gasteiger partial charge in [0.1, 0.15) is 11.3 Å². The normalized spacial score (nSPS) is 19.2. The molecule has 2 aromatic rings. The number of aromatic hydroxyl groups is 1. The molecular weight excluding hydrogens is 481 g/mol. The summed E-state index contributed by atoms with van der Waals surface area (Å²) in [6.07, 6.45) is 6.52. The number of aliphatic imine (C=N–C) groups is 2. The summed E-state index contributed by atoms with van der Waals surface area (Å²) in [5, 5.41) is 10.7. The summed E-state index contributed by atoms with van der Waals surface area (Å²) in [4.78, 5) is 12.4. The molecule has 1 aliphatic carbocycles. The fraction of sp³-hybridized carbons (Fsp3) is 0.364. The highest BCUT2D eigenvalue weighted by Gasteiger charge is 2.50. The van der Waals surface area contributed by atoms with Gasteiger partial charge >= 0.3 is 0 Å². The van der Waals surface area contributed by atoms with Gasteiger partial charge in [-0.05, 0) is 68.3 Å². The van der Waals surface area contributed by atoms with Crippen molar-refractivity contribution in [3.8, 4) is 5.75 Å². The number of phenols is 1. The van der Waals surface area contributed by atoms with Crippen LogP contribution in [0.25, 0.3) is 0 Å². The van der Waals surface area contributed by atoms with Gasteiger partial charge in [-0.3, -0.25) is 0 Å². The molecule has 2 aliphatic rings. The molecule has 28 heavy (non-hydrogen) atoms. The number of hydrogen-bond acceptors (Lipinski definition) is 4. The standard InChI is InChI=1S/C22H25N3OS.HI/c1-15-7-6-8-16(2)19(15)23-20-22(13-4-5-14-22)25(21(24-20)27-3)17-9-11-18(26)12-10-17;/h6-12,26H,4-5,13-14H2,1-3H3;1H. The van der Waals surface area contributed by atoms with E-state index < -0.39 is 0 Å². The Labute approximate surface area is 188 Å². The van der Waals surface area contributed by atoms with E-state index in [1.807, 2.05) is 12.1 Å². The van der Waals surface area contributed by atoms with Crippen LogP contribution in [0, 0.1) is 13.8 Å². The van der Waals surface area contributed by atoms with Gasteiger partial charge in [-0.2, -0.15) is 0 Å². The Balaban J connectivity index is 0.00000225. The van der Waals surface area contributed by atoms with Crippen molar-refractivity contribution in [2.45, 2.75) is 45.1 Å². The van der Waals surface area contributed by atoms with Gasteiger partial charge in [-0.25, -0.2) is 9.98 Å². The van der Waals surface area contributed by atoms with Gasteiger partial charge in [0.15, 0.2) is 11.0 Å². The Morgan fingerprint density at radius 2 is 1.64 bits per heavy atom. The highest BCUT2D eigenvalue weighted by molar-refractivity contribution is 14.0. The summed E-state index contributed by atoms with van der Waals surface area (Å²) in [5.74, 6) is 1.21. The molecule has 0 unspecified atom stereocenters. The van der Waals surface area contributed by atoms with Gasteiger partial charge in [0, 0.05) is 5.69 Å². The summed E-state index contributed by atoms with van der Waals surface area (Å²) in [6.45, 7) is 4.22. The molecule has 0 bridgehead atoms. The van der Waals surface area contributed by atoms with E-state index in [1.165, 1.54) is 24.0 Å². The second-order valence-electron chi connectivity index (χ2n) is 7.36. The Morgan fingerprint density at radius 3 is 2.21 bits per heavy atom. The van der Waals surface area contributed by atoms with E-state index in [9.17, 15) is 5.11 Å². The lowest BCUT2D eigenvalue weighted by Crippen LogP contribution is -2.49. The predicted octanol–water partition coefficient (Wildman–Crippen LogP) is 6.21. The molecule has 1 spiro atoms. The minimum absolute atomic E-state index is 0. The minimum Gasteiger partial charge on any atom is -0.508 e. The molecule has 0 radical (unpaired) electrons. The van der Waals surface area contributed by atoms with E-state index in [0.29, 0.717) is 0 Å². The number of hydrogen-bond donors (Lipinski definition) is 1. The Kier molecular flexibility index (Phi) is 6.39. The van der Waals surface area contributed by atoms with E-state index in [0.717, 1.165) is 35.2 Å². The van der Waals surface area contributed by atoms with Crippen LogP contribution in [0.15, 0.2) is 52.4 Å². The molecule has 0 saturated heterocycles. The van der Waals surface area contributed by atoms with Crippen molar-refractivity contribution in [1.29, 1.82) is 0 Å². The zero-order valence-corrected chi connectivity index (χ0v) is 19.6. The van der Waals surface area contributed by atoms with Gasteiger partial charge < -0.3 is 10.0 Å². The molecule has 4 nitrogen and oxygen atoms in total. The average Bonchev–Trinajstić information content (AvgIpc) is 3.25. The van der Waals surface area contributed by atoms with Crippen LogP contribution >= 0.6 is 35.7 Å². The monoisotopic (exact) mass is 507 g/mol. The quantitative estimate of drug-likeness (QED) is 0.492. The number of aryl methyl sites for hydroxylation is 2. The van der Waals surface area contributed by atoms with E-state index in [4.69, 9.17) is 9.98 Å². The summed E-state index contributed by atoms with van der Waals surface area (Å²) < 4.78 is 0. The maximum atomic E-state index is 9.71. The Bertz CT molecular complexity index is 898. The number of nitrogens with zero attached hydrogens (tertiary/aromatic N) is 3. The zero-order chi connectivity index (χ0) is 19.0. The molecule has 1 aliphatic heterocycles. The van der Waals surface area contributed by atoms with Gasteiger partial charge in [0.2, 0.25) is 0 Å². The van der Waals surface area contributed by atoms with Crippen LogP contribution in [0.3, 0.4) is 0 Å². The first kappa shape index (κ1) is 21.2. The van der Waals surface area contributed by atoms with Crippen molar-refractivity contribution in [2.75, 3.05) is 11.2 Å². The molecular formula is C22H26IN3OS. The molecule has 1 N–H and O–H groups in total. The maximum Gasteiger partial charge on any atom is 0.170 e. The van der Waals surface area contributed by atoms with Crippen LogP contribution in [-0.2, 0) is 0 Å². The average molecular weight is 507 g/mol. The first-order valence-electron chi connectivity index (χ1n) is 9.42. The van der Waals surface area contributed by atoms with Crippen molar-refractivity contribution < 1.29 is 5.11 Å². The van der Waals surface area contributed by atoms with E-state index >= 15 is 0 Å². The molecule has 0 aromatic heterocycles. The van der Waals surface area contributed by atoms with E-state index in [-0.39, 0.29) is 35.3 Å². The number of amidine groups is 2. The fourth-order valence-electron chi connectivity index (χ4n) is 4.25. The molecule has 2 aromatic carbocycles. The van der Waals surface area contributed by atoms with E-state index in [1.54, 1.807) is 23.9 Å². The van der Waals surface area contributed by atoms with Crippen LogP contribution < -0.4 is 4.90 Å². The first-order chi connectivity index (χ1) is 13.0. The number of para-hydroxylation sites is 1. The first-order valence-corrected chi connectivity index (χ1v) is 10.6. The zero-order valence-electron chi connectivity index (χ0n) is 16.5. The van der Waals surface area contributed by atoms with Crippen LogP contribution in [0.4, 0.5) is 11.4 Å².